The molecule has 0 aromatic heterocycles. The standard InChI is InChI=1S/C31H36ClN3O5S/c1-3-29(31(37)33-25-11-7-8-12-25)34(21-23-9-5-4-6-10-23)30(36)22-35(26-15-13-24(32)14-16-26)41(38,39)28-19-17-27(40-2)18-20-28/h4-6,9-10,13-20,25,29H,3,7-8,11-12,21-22H2,1-2H3,(H,33,37). The number of anilines is 1. The van der Waals surface area contributed by atoms with Crippen LogP contribution in [-0.4, -0.2) is 50.9 Å². The fourth-order valence-corrected chi connectivity index (χ4v) is 6.62. The molecule has 41 heavy (non-hydrogen) atoms. The van der Waals surface area contributed by atoms with Gasteiger partial charge in [-0.15, -0.1) is 0 Å². The monoisotopic (exact) mass is 597 g/mol. The number of methoxy groups -OCH3 is 1. The summed E-state index contributed by atoms with van der Waals surface area (Å²) in [4.78, 5) is 29.1. The number of hydrogen-bond acceptors (Lipinski definition) is 5. The number of halogens is 1. The Bertz CT molecular complexity index is 1410. The molecule has 0 heterocycles. The summed E-state index contributed by atoms with van der Waals surface area (Å²) in [5.74, 6) is -0.208. The molecule has 1 aliphatic rings. The van der Waals surface area contributed by atoms with Crippen molar-refractivity contribution in [3.8, 4) is 5.75 Å². The lowest BCUT2D eigenvalue weighted by Gasteiger charge is -2.33. The minimum absolute atomic E-state index is 0.00155. The SMILES string of the molecule is CCC(C(=O)NC1CCCC1)N(Cc1ccccc1)C(=O)CN(c1ccc(Cl)cc1)S(=O)(=O)c1ccc(OC)cc1. The minimum atomic E-state index is -4.18. The zero-order chi connectivity index (χ0) is 29.4. The van der Waals surface area contributed by atoms with Gasteiger partial charge < -0.3 is 15.0 Å². The second-order valence-electron chi connectivity index (χ2n) is 10.1. The number of amides is 2. The van der Waals surface area contributed by atoms with Crippen LogP contribution in [0.5, 0.6) is 5.75 Å². The van der Waals surface area contributed by atoms with Crippen molar-refractivity contribution in [1.82, 2.24) is 10.2 Å². The number of sulfonamides is 1. The van der Waals surface area contributed by atoms with Crippen LogP contribution in [0.1, 0.15) is 44.6 Å². The van der Waals surface area contributed by atoms with Crippen molar-refractivity contribution in [2.24, 2.45) is 0 Å². The molecule has 2 amide bonds. The largest absolute Gasteiger partial charge is 0.497 e. The Morgan fingerprint density at radius 2 is 1.61 bits per heavy atom. The van der Waals surface area contributed by atoms with E-state index in [0.717, 1.165) is 35.6 Å². The Labute approximate surface area is 247 Å². The summed E-state index contributed by atoms with van der Waals surface area (Å²) in [6.07, 6.45) is 4.34. The third kappa shape index (κ3) is 7.59. The number of carbonyl (C=O) groups is 2. The Morgan fingerprint density at radius 1 is 0.976 bits per heavy atom. The molecule has 3 aromatic carbocycles. The molecule has 0 radical (unpaired) electrons. The maximum Gasteiger partial charge on any atom is 0.264 e. The lowest BCUT2D eigenvalue weighted by atomic mass is 10.1. The van der Waals surface area contributed by atoms with Gasteiger partial charge in [-0.25, -0.2) is 8.42 Å². The molecule has 0 bridgehead atoms. The van der Waals surface area contributed by atoms with E-state index in [4.69, 9.17) is 16.3 Å². The highest BCUT2D eigenvalue weighted by Gasteiger charge is 2.34. The van der Waals surface area contributed by atoms with E-state index in [-0.39, 0.29) is 29.1 Å². The third-order valence-electron chi connectivity index (χ3n) is 7.32. The first-order chi connectivity index (χ1) is 19.7. The van der Waals surface area contributed by atoms with Crippen molar-refractivity contribution in [2.75, 3.05) is 18.0 Å². The highest BCUT2D eigenvalue weighted by Crippen LogP contribution is 2.27. The molecular weight excluding hydrogens is 562 g/mol. The molecule has 218 valence electrons. The number of nitrogens with one attached hydrogen (secondary N) is 1. The Balaban J connectivity index is 1.69. The molecule has 1 saturated carbocycles. The average molecular weight is 598 g/mol. The van der Waals surface area contributed by atoms with Crippen LogP contribution in [0.25, 0.3) is 0 Å². The normalized spacial score (nSPS) is 14.3. The summed E-state index contributed by atoms with van der Waals surface area (Å²) in [5.41, 5.74) is 1.12. The van der Waals surface area contributed by atoms with Crippen LogP contribution < -0.4 is 14.4 Å². The fraction of sp³-hybridized carbons (Fsp3) is 0.355. The van der Waals surface area contributed by atoms with E-state index in [0.29, 0.717) is 17.2 Å². The number of ether oxygens (including phenoxy) is 1. The van der Waals surface area contributed by atoms with Gasteiger partial charge in [-0.2, -0.15) is 0 Å². The maximum absolute atomic E-state index is 14.1. The summed E-state index contributed by atoms with van der Waals surface area (Å²) in [6.45, 7) is 1.51. The lowest BCUT2D eigenvalue weighted by molar-refractivity contribution is -0.140. The molecule has 1 fully saturated rings. The van der Waals surface area contributed by atoms with Crippen LogP contribution in [0.15, 0.2) is 83.8 Å². The third-order valence-corrected chi connectivity index (χ3v) is 9.36. The van der Waals surface area contributed by atoms with Gasteiger partial charge in [-0.3, -0.25) is 13.9 Å². The van der Waals surface area contributed by atoms with Gasteiger partial charge in [-0.1, -0.05) is 61.7 Å². The predicted octanol–water partition coefficient (Wildman–Crippen LogP) is 5.41. The number of nitrogens with zero attached hydrogens (tertiary/aromatic N) is 2. The first-order valence-corrected chi connectivity index (χ1v) is 15.6. The summed E-state index contributed by atoms with van der Waals surface area (Å²) < 4.78 is 34.1. The van der Waals surface area contributed by atoms with Crippen molar-refractivity contribution >= 4 is 39.1 Å². The molecule has 0 saturated heterocycles. The van der Waals surface area contributed by atoms with E-state index >= 15 is 0 Å². The molecule has 10 heteroatoms. The quantitative estimate of drug-likeness (QED) is 0.301. The zero-order valence-electron chi connectivity index (χ0n) is 23.3. The van der Waals surface area contributed by atoms with Gasteiger partial charge in [0.15, 0.2) is 0 Å². The fourth-order valence-electron chi connectivity index (χ4n) is 5.08. The van der Waals surface area contributed by atoms with Crippen molar-refractivity contribution in [3.63, 3.8) is 0 Å². The van der Waals surface area contributed by atoms with E-state index < -0.39 is 28.5 Å². The number of benzene rings is 3. The number of rotatable bonds is 12. The van der Waals surface area contributed by atoms with Crippen molar-refractivity contribution in [1.29, 1.82) is 0 Å². The van der Waals surface area contributed by atoms with Gasteiger partial charge in [0, 0.05) is 17.6 Å². The van der Waals surface area contributed by atoms with Crippen LogP contribution in [0, 0.1) is 0 Å². The first-order valence-electron chi connectivity index (χ1n) is 13.8. The summed E-state index contributed by atoms with van der Waals surface area (Å²) in [7, 11) is -2.68. The molecule has 1 N–H and O–H groups in total. The van der Waals surface area contributed by atoms with Gasteiger partial charge in [0.2, 0.25) is 11.8 Å². The number of carbonyl (C=O) groups excluding carboxylic acids is 2. The summed E-state index contributed by atoms with van der Waals surface area (Å²) in [6, 6.07) is 20.9. The van der Waals surface area contributed by atoms with E-state index in [9.17, 15) is 18.0 Å². The van der Waals surface area contributed by atoms with E-state index in [1.54, 1.807) is 36.4 Å². The molecule has 1 atom stereocenters. The Hall–Kier alpha value is -3.56. The van der Waals surface area contributed by atoms with Gasteiger partial charge in [0.25, 0.3) is 10.0 Å². The van der Waals surface area contributed by atoms with E-state index in [1.165, 1.54) is 24.1 Å². The molecule has 0 aliphatic heterocycles. The lowest BCUT2D eigenvalue weighted by Crippen LogP contribution is -2.53. The maximum atomic E-state index is 14.1. The second kappa shape index (κ2) is 13.9. The van der Waals surface area contributed by atoms with Gasteiger partial charge in [0.1, 0.15) is 18.3 Å². The molecule has 3 aromatic rings. The van der Waals surface area contributed by atoms with E-state index in [1.807, 2.05) is 37.3 Å². The smallest absolute Gasteiger partial charge is 0.264 e. The summed E-state index contributed by atoms with van der Waals surface area (Å²) in [5, 5.41) is 3.55. The van der Waals surface area contributed by atoms with E-state index in [2.05, 4.69) is 5.32 Å². The summed E-state index contributed by atoms with van der Waals surface area (Å²) >= 11 is 6.09. The van der Waals surface area contributed by atoms with Gasteiger partial charge in [0.05, 0.1) is 17.7 Å². The second-order valence-corrected chi connectivity index (χ2v) is 12.4. The first kappa shape index (κ1) is 30.4. The topological polar surface area (TPSA) is 96.0 Å². The van der Waals surface area contributed by atoms with Crippen LogP contribution in [-0.2, 0) is 26.2 Å². The molecule has 8 nitrogen and oxygen atoms in total. The highest BCUT2D eigenvalue weighted by molar-refractivity contribution is 7.92. The minimum Gasteiger partial charge on any atom is -0.497 e. The van der Waals surface area contributed by atoms with Crippen LogP contribution in [0.4, 0.5) is 5.69 Å². The molecule has 1 unspecified atom stereocenters. The molecular formula is C31H36ClN3O5S. The molecule has 4 rings (SSSR count). The zero-order valence-corrected chi connectivity index (χ0v) is 24.9. The molecule has 0 spiro atoms. The highest BCUT2D eigenvalue weighted by atomic mass is 35.5. The average Bonchev–Trinajstić information content (AvgIpc) is 3.49. The number of hydrogen-bond donors (Lipinski definition) is 1. The Morgan fingerprint density at radius 3 is 2.20 bits per heavy atom. The van der Waals surface area contributed by atoms with Gasteiger partial charge in [-0.05, 0) is 73.4 Å². The van der Waals surface area contributed by atoms with Crippen LogP contribution in [0.3, 0.4) is 0 Å². The van der Waals surface area contributed by atoms with Crippen LogP contribution in [0.2, 0.25) is 5.02 Å². The van der Waals surface area contributed by atoms with Crippen molar-refractivity contribution < 1.29 is 22.7 Å². The Kier molecular flexibility index (Phi) is 10.3. The molecule has 1 aliphatic carbocycles. The van der Waals surface area contributed by atoms with Crippen molar-refractivity contribution in [3.05, 3.63) is 89.4 Å². The predicted molar refractivity (Wildman–Crippen MR) is 160 cm³/mol. The van der Waals surface area contributed by atoms with Crippen molar-refractivity contribution in [2.45, 2.75) is 62.6 Å². The van der Waals surface area contributed by atoms with Crippen LogP contribution >= 0.6 is 11.6 Å². The van der Waals surface area contributed by atoms with Gasteiger partial charge >= 0.3 is 0 Å².